The van der Waals surface area contributed by atoms with Crippen LogP contribution in [0.4, 0.5) is 0 Å². The molecule has 4 heteroatoms. The second-order valence-corrected chi connectivity index (χ2v) is 5.49. The molecular formula is C15H19NO3. The molecule has 1 aromatic rings. The van der Waals surface area contributed by atoms with Gasteiger partial charge in [-0.1, -0.05) is 30.3 Å². The van der Waals surface area contributed by atoms with Crippen molar-refractivity contribution >= 4 is 5.91 Å². The van der Waals surface area contributed by atoms with E-state index in [1.165, 1.54) is 0 Å². The molecular weight excluding hydrogens is 242 g/mol. The summed E-state index contributed by atoms with van der Waals surface area (Å²) in [4.78, 5) is 13.9. The molecule has 1 amide bonds. The van der Waals surface area contributed by atoms with E-state index in [0.717, 1.165) is 18.4 Å². The predicted molar refractivity (Wildman–Crippen MR) is 70.2 cm³/mol. The molecule has 4 nitrogen and oxygen atoms in total. The number of aliphatic hydroxyl groups is 1. The molecule has 0 radical (unpaired) electrons. The number of hydrogen-bond donors (Lipinski definition) is 1. The predicted octanol–water partition coefficient (Wildman–Crippen LogP) is 1.85. The standard InChI is InChI=1S/C15H19NO3/c1-15-9-5-8-13(18)16(15)12(10-17)14(19-15)11-6-3-2-4-7-11/h2-4,6-7,12,14,17H,5,8-10H2,1H3/t12-,14?,15+/m0/s1. The Morgan fingerprint density at radius 3 is 2.84 bits per heavy atom. The molecule has 102 valence electrons. The summed E-state index contributed by atoms with van der Waals surface area (Å²) in [5.41, 5.74) is 0.452. The first-order chi connectivity index (χ1) is 9.15. The summed E-state index contributed by atoms with van der Waals surface area (Å²) in [5, 5.41) is 9.70. The lowest BCUT2D eigenvalue weighted by molar-refractivity contribution is -0.159. The average molecular weight is 261 g/mol. The Kier molecular flexibility index (Phi) is 3.07. The zero-order chi connectivity index (χ0) is 13.5. The summed E-state index contributed by atoms with van der Waals surface area (Å²) in [5.74, 6) is 0.0891. The van der Waals surface area contributed by atoms with E-state index in [2.05, 4.69) is 0 Å². The smallest absolute Gasteiger partial charge is 0.225 e. The van der Waals surface area contributed by atoms with Gasteiger partial charge in [0.15, 0.2) is 0 Å². The van der Waals surface area contributed by atoms with Crippen molar-refractivity contribution in [3.63, 3.8) is 0 Å². The molecule has 2 saturated heterocycles. The van der Waals surface area contributed by atoms with Crippen LogP contribution in [0.1, 0.15) is 37.9 Å². The molecule has 0 saturated carbocycles. The second-order valence-electron chi connectivity index (χ2n) is 5.49. The zero-order valence-electron chi connectivity index (χ0n) is 11.1. The van der Waals surface area contributed by atoms with E-state index in [1.807, 2.05) is 37.3 Å². The van der Waals surface area contributed by atoms with Crippen molar-refractivity contribution in [3.8, 4) is 0 Å². The minimum absolute atomic E-state index is 0.0686. The molecule has 19 heavy (non-hydrogen) atoms. The maximum atomic E-state index is 12.2. The quantitative estimate of drug-likeness (QED) is 0.884. The van der Waals surface area contributed by atoms with Crippen LogP contribution in [-0.4, -0.2) is 34.3 Å². The third-order valence-electron chi connectivity index (χ3n) is 4.19. The first kappa shape index (κ1) is 12.6. The van der Waals surface area contributed by atoms with Gasteiger partial charge in [-0.15, -0.1) is 0 Å². The van der Waals surface area contributed by atoms with Crippen LogP contribution in [0.5, 0.6) is 0 Å². The van der Waals surface area contributed by atoms with Crippen molar-refractivity contribution in [1.29, 1.82) is 0 Å². The van der Waals surface area contributed by atoms with Gasteiger partial charge in [0.25, 0.3) is 0 Å². The molecule has 0 aliphatic carbocycles. The van der Waals surface area contributed by atoms with E-state index in [9.17, 15) is 9.90 Å². The van der Waals surface area contributed by atoms with Crippen molar-refractivity contribution in [2.24, 2.45) is 0 Å². The maximum absolute atomic E-state index is 12.2. The summed E-state index contributed by atoms with van der Waals surface area (Å²) in [6, 6.07) is 9.55. The zero-order valence-corrected chi connectivity index (χ0v) is 11.1. The molecule has 1 unspecified atom stereocenters. The van der Waals surface area contributed by atoms with Crippen molar-refractivity contribution < 1.29 is 14.6 Å². The third-order valence-corrected chi connectivity index (χ3v) is 4.19. The Morgan fingerprint density at radius 2 is 2.16 bits per heavy atom. The molecule has 3 rings (SSSR count). The SMILES string of the molecule is C[C@@]12CCCC(=O)N1[C@@H](CO)C(c1ccccc1)O2. The van der Waals surface area contributed by atoms with Crippen LogP contribution < -0.4 is 0 Å². The highest BCUT2D eigenvalue weighted by atomic mass is 16.5. The van der Waals surface area contributed by atoms with Gasteiger partial charge in [0, 0.05) is 6.42 Å². The molecule has 0 bridgehead atoms. The number of carbonyl (C=O) groups excluding carboxylic acids is 1. The number of fused-ring (bicyclic) bond motifs is 1. The molecule has 2 heterocycles. The van der Waals surface area contributed by atoms with Gasteiger partial charge in [0.1, 0.15) is 11.8 Å². The molecule has 2 aliphatic heterocycles. The van der Waals surface area contributed by atoms with E-state index < -0.39 is 5.72 Å². The van der Waals surface area contributed by atoms with Crippen LogP contribution in [0.2, 0.25) is 0 Å². The van der Waals surface area contributed by atoms with Gasteiger partial charge >= 0.3 is 0 Å². The van der Waals surface area contributed by atoms with Gasteiger partial charge in [-0.2, -0.15) is 0 Å². The molecule has 0 aromatic heterocycles. The van der Waals surface area contributed by atoms with Gasteiger partial charge < -0.3 is 14.7 Å². The molecule has 3 atom stereocenters. The first-order valence-corrected chi connectivity index (χ1v) is 6.81. The van der Waals surface area contributed by atoms with Crippen LogP contribution >= 0.6 is 0 Å². The van der Waals surface area contributed by atoms with Crippen LogP contribution in [0.3, 0.4) is 0 Å². The van der Waals surface area contributed by atoms with Crippen molar-refractivity contribution in [2.75, 3.05) is 6.61 Å². The maximum Gasteiger partial charge on any atom is 0.225 e. The number of piperidine rings is 1. The van der Waals surface area contributed by atoms with E-state index >= 15 is 0 Å². The highest BCUT2D eigenvalue weighted by Crippen LogP contribution is 2.45. The summed E-state index contributed by atoms with van der Waals surface area (Å²) < 4.78 is 6.16. The number of amides is 1. The van der Waals surface area contributed by atoms with Crippen LogP contribution in [0.25, 0.3) is 0 Å². The Balaban J connectivity index is 1.97. The fourth-order valence-electron chi connectivity index (χ4n) is 3.32. The van der Waals surface area contributed by atoms with Crippen LogP contribution in [0.15, 0.2) is 30.3 Å². The van der Waals surface area contributed by atoms with Gasteiger partial charge in [-0.3, -0.25) is 4.79 Å². The number of carbonyl (C=O) groups is 1. The molecule has 1 N–H and O–H groups in total. The van der Waals surface area contributed by atoms with Gasteiger partial charge in [-0.05, 0) is 25.3 Å². The van der Waals surface area contributed by atoms with E-state index in [-0.39, 0.29) is 24.7 Å². The second kappa shape index (κ2) is 4.62. The highest BCUT2D eigenvalue weighted by molar-refractivity contribution is 5.78. The number of benzene rings is 1. The van der Waals surface area contributed by atoms with Crippen LogP contribution in [-0.2, 0) is 9.53 Å². The van der Waals surface area contributed by atoms with Crippen molar-refractivity contribution in [2.45, 2.75) is 44.1 Å². The topological polar surface area (TPSA) is 49.8 Å². The first-order valence-electron chi connectivity index (χ1n) is 6.81. The molecule has 0 spiro atoms. The van der Waals surface area contributed by atoms with Gasteiger partial charge in [0.2, 0.25) is 5.91 Å². The van der Waals surface area contributed by atoms with Crippen molar-refractivity contribution in [3.05, 3.63) is 35.9 Å². The normalized spacial score (nSPS) is 34.4. The summed E-state index contributed by atoms with van der Waals surface area (Å²) in [7, 11) is 0. The Morgan fingerprint density at radius 1 is 1.42 bits per heavy atom. The Labute approximate surface area is 113 Å². The minimum Gasteiger partial charge on any atom is -0.394 e. The fourth-order valence-corrected chi connectivity index (χ4v) is 3.32. The largest absolute Gasteiger partial charge is 0.394 e. The van der Waals surface area contributed by atoms with Gasteiger partial charge in [0.05, 0.1) is 12.6 Å². The monoisotopic (exact) mass is 261 g/mol. The van der Waals surface area contributed by atoms with Crippen LogP contribution in [0, 0.1) is 0 Å². The van der Waals surface area contributed by atoms with E-state index in [0.29, 0.717) is 6.42 Å². The van der Waals surface area contributed by atoms with E-state index in [4.69, 9.17) is 4.74 Å². The van der Waals surface area contributed by atoms with E-state index in [1.54, 1.807) is 4.90 Å². The minimum atomic E-state index is -0.566. The number of rotatable bonds is 2. The third kappa shape index (κ3) is 1.95. The number of aliphatic hydroxyl groups excluding tert-OH is 1. The molecule has 1 aromatic carbocycles. The number of ether oxygens (including phenoxy) is 1. The Hall–Kier alpha value is -1.39. The summed E-state index contributed by atoms with van der Waals surface area (Å²) in [6.07, 6.45) is 2.00. The summed E-state index contributed by atoms with van der Waals surface area (Å²) >= 11 is 0. The lowest BCUT2D eigenvalue weighted by atomic mass is 9.97. The molecule has 2 aliphatic rings. The fraction of sp³-hybridized carbons (Fsp3) is 0.533. The lowest BCUT2D eigenvalue weighted by Gasteiger charge is -2.39. The lowest BCUT2D eigenvalue weighted by Crippen LogP contribution is -2.53. The Bertz CT molecular complexity index is 476. The van der Waals surface area contributed by atoms with Gasteiger partial charge in [-0.25, -0.2) is 0 Å². The summed E-state index contributed by atoms with van der Waals surface area (Å²) in [6.45, 7) is 1.89. The average Bonchev–Trinajstić information content (AvgIpc) is 2.74. The number of hydrogen-bond acceptors (Lipinski definition) is 3. The number of nitrogens with zero attached hydrogens (tertiary/aromatic N) is 1. The molecule has 2 fully saturated rings. The highest BCUT2D eigenvalue weighted by Gasteiger charge is 2.53. The van der Waals surface area contributed by atoms with Crippen molar-refractivity contribution in [1.82, 2.24) is 4.90 Å².